The Morgan fingerprint density at radius 3 is 1.19 bits per heavy atom. The van der Waals surface area contributed by atoms with Crippen molar-refractivity contribution in [3.8, 4) is 115 Å². The van der Waals surface area contributed by atoms with E-state index in [-0.39, 0.29) is 19.1 Å². The molecule has 8 aromatic carbocycles. The van der Waals surface area contributed by atoms with Crippen LogP contribution in [0.25, 0.3) is 89.2 Å². The maximum Gasteiger partial charge on any atom is 0.401 e. The van der Waals surface area contributed by atoms with Gasteiger partial charge in [0, 0.05) is 230 Å². The van der Waals surface area contributed by atoms with Crippen LogP contribution in [0.2, 0.25) is 0 Å². The molecule has 0 fully saturated rings. The number of amides is 1. The third-order valence-electron chi connectivity index (χ3n) is 22.9. The van der Waals surface area contributed by atoms with Crippen LogP contribution in [-0.4, -0.2) is 217 Å². The van der Waals surface area contributed by atoms with Crippen LogP contribution in [0.5, 0.6) is 46.0 Å². The molecule has 147 heavy (non-hydrogen) atoms. The molecule has 0 radical (unpaired) electrons. The maximum absolute atomic E-state index is 12.9. The number of hydrogen-bond donors (Lipinski definition) is 4. The number of nitrogens with two attached hydrogens (primary N) is 1. The quantitative estimate of drug-likeness (QED) is 0.0163. The summed E-state index contributed by atoms with van der Waals surface area (Å²) in [6, 6.07) is 55.8. The van der Waals surface area contributed by atoms with E-state index in [2.05, 4.69) is 125 Å². The number of likely N-dealkylation sites (N-methyl/N-ethyl adjacent to an activating group) is 1. The van der Waals surface area contributed by atoms with Gasteiger partial charge >= 0.3 is 6.18 Å². The van der Waals surface area contributed by atoms with Crippen LogP contribution in [0.15, 0.2) is 269 Å². The zero-order valence-electron chi connectivity index (χ0n) is 83.5. The Bertz CT molecular complexity index is 7330. The number of benzene rings is 8. The van der Waals surface area contributed by atoms with E-state index >= 15 is 0 Å². The van der Waals surface area contributed by atoms with E-state index in [0.29, 0.717) is 106 Å². The molecule has 0 aliphatic heterocycles. The Hall–Kier alpha value is -17.9. The fraction of sp³-hybridized carbons (Fsp3) is 0.239. The van der Waals surface area contributed by atoms with Crippen molar-refractivity contribution in [3.05, 3.63) is 280 Å². The molecule has 38 heteroatoms. The smallest absolute Gasteiger partial charge is 0.401 e. The monoisotopic (exact) mass is 1980 g/mol. The molecule has 0 unspecified atom stereocenters. The fourth-order valence-electron chi connectivity index (χ4n) is 15.5. The number of anilines is 8. The van der Waals surface area contributed by atoms with Gasteiger partial charge in [0.2, 0.25) is 5.91 Å². The highest BCUT2D eigenvalue weighted by Gasteiger charge is 2.28. The van der Waals surface area contributed by atoms with Crippen molar-refractivity contribution in [2.75, 3.05) is 129 Å². The molecule has 1 amide bonds. The molecular weight excluding hydrogens is 1870 g/mol. The second-order valence-corrected chi connectivity index (χ2v) is 33.5. The molecule has 5 N–H and O–H groups in total. The van der Waals surface area contributed by atoms with Gasteiger partial charge in [0.15, 0.2) is 0 Å². The first-order valence-corrected chi connectivity index (χ1v) is 46.8. The SMILES string of the molecule is CNC(=O)Cn1cc(-c2cnc3ccc(N(CCCNC(C)C)c4cc(OC)cc(OC)c4)cc3n2)cn1.COc1cc(OC)cc(N(CC#Cc2ccccn2)c2ccc3ncc(-c4cnn(C)c4)nc3c2)c1.COc1cc(OC)cc(N(CC#Cc2cccnc2)c2ccc3ncc(-c4cnn(C)c4)nc3c2)c1.COc1cc(OC)cc(N(CNCC(F)(F)F)c2ccc3ncc(-c4cnn(CCCN)c4)nc3c2)c1. The number of methoxy groups -OCH3 is 8. The van der Waals surface area contributed by atoms with Gasteiger partial charge in [0.25, 0.3) is 0 Å². The summed E-state index contributed by atoms with van der Waals surface area (Å²) in [6.07, 6.45) is 24.0. The highest BCUT2D eigenvalue weighted by molar-refractivity contribution is 5.88. The number of carbonyl (C=O) groups excluding carboxylic acids is 1. The summed E-state index contributed by atoms with van der Waals surface area (Å²) < 4.78 is 89.4. The van der Waals surface area contributed by atoms with E-state index in [1.165, 1.54) is 14.2 Å². The van der Waals surface area contributed by atoms with Gasteiger partial charge in [-0.05, 0) is 129 Å². The van der Waals surface area contributed by atoms with Crippen LogP contribution in [0.3, 0.4) is 0 Å². The molecule has 0 spiro atoms. The summed E-state index contributed by atoms with van der Waals surface area (Å²) in [5, 5.41) is 25.7. The Balaban J connectivity index is 0.000000147. The van der Waals surface area contributed by atoms with Gasteiger partial charge < -0.3 is 73.9 Å². The molecule has 0 aliphatic rings. The highest BCUT2D eigenvalue weighted by atomic mass is 19.4. The highest BCUT2D eigenvalue weighted by Crippen LogP contribution is 2.41. The van der Waals surface area contributed by atoms with Crippen LogP contribution in [0, 0.1) is 23.7 Å². The van der Waals surface area contributed by atoms with Crippen LogP contribution in [0.1, 0.15) is 37.9 Å². The molecule has 0 saturated heterocycles. The minimum Gasteiger partial charge on any atom is -0.497 e. The van der Waals surface area contributed by atoms with Gasteiger partial charge in [0.1, 0.15) is 58.2 Å². The molecule has 18 aromatic rings. The third-order valence-corrected chi connectivity index (χ3v) is 22.9. The Morgan fingerprint density at radius 2 is 0.810 bits per heavy atom. The number of hydrogen-bond acceptors (Lipinski definition) is 30. The van der Waals surface area contributed by atoms with Gasteiger partial charge in [-0.1, -0.05) is 37.7 Å². The molecule has 0 aliphatic carbocycles. The van der Waals surface area contributed by atoms with E-state index in [9.17, 15) is 18.0 Å². The van der Waals surface area contributed by atoms with E-state index in [0.717, 1.165) is 144 Å². The number of halogens is 3. The summed E-state index contributed by atoms with van der Waals surface area (Å²) >= 11 is 0. The average molecular weight is 1990 g/mol. The van der Waals surface area contributed by atoms with Crippen molar-refractivity contribution < 1.29 is 55.9 Å². The molecule has 10 heterocycles. The third kappa shape index (κ3) is 27.9. The molecule has 752 valence electrons. The minimum absolute atomic E-state index is 0.119. The number of pyridine rings is 2. The first-order chi connectivity index (χ1) is 71.4. The van der Waals surface area contributed by atoms with Gasteiger partial charge in [-0.25, -0.2) is 24.9 Å². The Kier molecular flexibility index (Phi) is 35.0. The second-order valence-electron chi connectivity index (χ2n) is 33.5. The van der Waals surface area contributed by atoms with Crippen molar-refractivity contribution >= 4 is 95.5 Å². The topological polar surface area (TPSA) is 366 Å². The zero-order chi connectivity index (χ0) is 103. The molecular formula is C109H111F3N26O9. The molecule has 0 atom stereocenters. The molecule has 0 saturated carbocycles. The van der Waals surface area contributed by atoms with E-state index in [1.807, 2.05) is 166 Å². The normalized spacial score (nSPS) is 11.0. The summed E-state index contributed by atoms with van der Waals surface area (Å²) in [5.74, 6) is 17.9. The first kappa shape index (κ1) is 103. The van der Waals surface area contributed by atoms with E-state index < -0.39 is 12.7 Å². The van der Waals surface area contributed by atoms with Gasteiger partial charge in [-0.3, -0.25) is 53.8 Å². The summed E-state index contributed by atoms with van der Waals surface area (Å²) in [7, 11) is 18.2. The number of ether oxygens (including phenoxy) is 8. The van der Waals surface area contributed by atoms with Crippen molar-refractivity contribution in [2.24, 2.45) is 19.8 Å². The standard InChI is InChI=1S/C28H35N7O3.2C28H24N6O2.C25H28F3N7O2/c1-19(2)30-9-6-10-35(22-11-23(37-4)14-24(12-22)38-5)21-7-8-25-26(13-21)33-27(16-31-25)20-15-32-34(17-20)18-28(36)29-3;1-33-19-21(17-31-33)28-18-30-26-9-8-22(14-27(26)32-28)34(11-5-7-20-6-4-10-29-16-20)23-12-24(35-2)15-25(13-23)36-3;1-33-19-20(17-31-33)28-18-30-26-10-9-22(15-27(26)32-28)34(12-6-8-21-7-4-5-11-29-21)23-13-24(35-2)16-25(14-23)36-3;1-36-20-8-19(9-21(11-20)37-2)35(16-30-15-25(26,27)28)18-4-5-22-23(10-18)33-24(13-31-22)17-12-32-34(14-17)7-3-6-29/h7-8,11-17,19,30H,6,9-10,18H2,1-5H3,(H,29,36);4,6,8-10,12-19H,11H2,1-3H3;4-5,7,9-11,13-19H,12H2,1-3H3;4-5,8-14,30H,3,6-7,15-16,29H2,1-2H3. The van der Waals surface area contributed by atoms with Crippen molar-refractivity contribution in [1.29, 1.82) is 0 Å². The fourth-order valence-corrected chi connectivity index (χ4v) is 15.5. The molecule has 0 bridgehead atoms. The van der Waals surface area contributed by atoms with E-state index in [4.69, 9.17) is 63.6 Å². The molecule has 18 rings (SSSR count). The van der Waals surface area contributed by atoms with Gasteiger partial charge in [-0.2, -0.15) is 33.6 Å². The predicted octanol–water partition coefficient (Wildman–Crippen LogP) is 17.2. The molecule has 35 nitrogen and oxygen atoms in total. The summed E-state index contributed by atoms with van der Waals surface area (Å²) in [6.45, 7) is 6.95. The lowest BCUT2D eigenvalue weighted by Crippen LogP contribution is -2.37. The lowest BCUT2D eigenvalue weighted by molar-refractivity contribution is -0.124. The molecule has 10 aromatic heterocycles. The lowest BCUT2D eigenvalue weighted by atomic mass is 10.1. The predicted molar refractivity (Wildman–Crippen MR) is 563 cm³/mol. The van der Waals surface area contributed by atoms with Crippen LogP contribution < -0.4 is 79.2 Å². The zero-order valence-corrected chi connectivity index (χ0v) is 83.5. The number of aryl methyl sites for hydroxylation is 3. The van der Waals surface area contributed by atoms with E-state index in [1.54, 1.807) is 184 Å². The second kappa shape index (κ2) is 49.7. The number of carbonyl (C=O) groups is 1. The van der Waals surface area contributed by atoms with Crippen LogP contribution >= 0.6 is 0 Å². The first-order valence-electron chi connectivity index (χ1n) is 46.8. The minimum atomic E-state index is -4.35. The number of aromatic nitrogens is 18. The number of rotatable bonds is 35. The van der Waals surface area contributed by atoms with Crippen LogP contribution in [-0.2, 0) is 32.0 Å². The van der Waals surface area contributed by atoms with Crippen molar-refractivity contribution in [3.63, 3.8) is 0 Å². The maximum atomic E-state index is 12.9. The summed E-state index contributed by atoms with van der Waals surface area (Å²) in [4.78, 5) is 65.9. The lowest BCUT2D eigenvalue weighted by Gasteiger charge is -2.27. The number of alkyl halides is 3. The number of nitrogens with zero attached hydrogens (tertiary/aromatic N) is 22. The van der Waals surface area contributed by atoms with Gasteiger partial charge in [0.05, 0.1) is 200 Å². The number of fused-ring (bicyclic) bond motifs is 4. The Morgan fingerprint density at radius 1 is 0.415 bits per heavy atom. The largest absolute Gasteiger partial charge is 0.497 e. The van der Waals surface area contributed by atoms with Gasteiger partial charge in [-0.15, -0.1) is 0 Å². The van der Waals surface area contributed by atoms with Crippen molar-refractivity contribution in [2.45, 2.75) is 52.0 Å². The van der Waals surface area contributed by atoms with Crippen LogP contribution in [0.4, 0.5) is 58.7 Å². The Labute approximate surface area is 847 Å². The average Bonchev–Trinajstić information content (AvgIpc) is 1.79. The summed E-state index contributed by atoms with van der Waals surface area (Å²) in [5.41, 5.74) is 26.1. The van der Waals surface area contributed by atoms with Crippen molar-refractivity contribution in [1.82, 2.24) is 105 Å². The number of nitrogens with one attached hydrogen (secondary N) is 3.